The van der Waals surface area contributed by atoms with Crippen LogP contribution in [0.2, 0.25) is 0 Å². The molecule has 1 saturated heterocycles. The van der Waals surface area contributed by atoms with Crippen molar-refractivity contribution in [3.05, 3.63) is 67.7 Å². The average Bonchev–Trinajstić information content (AvgIpc) is 3.52. The maximum absolute atomic E-state index is 13.0. The summed E-state index contributed by atoms with van der Waals surface area (Å²) in [6.07, 6.45) is 1.97. The molecule has 31 heavy (non-hydrogen) atoms. The van der Waals surface area contributed by atoms with Gasteiger partial charge in [0.1, 0.15) is 4.83 Å². The van der Waals surface area contributed by atoms with Gasteiger partial charge in [0, 0.05) is 37.7 Å². The minimum atomic E-state index is -0.465. The highest BCUT2D eigenvalue weighted by Crippen LogP contribution is 2.31. The third kappa shape index (κ3) is 3.81. The van der Waals surface area contributed by atoms with Gasteiger partial charge in [-0.2, -0.15) is 0 Å². The van der Waals surface area contributed by atoms with Crippen molar-refractivity contribution in [2.24, 2.45) is 5.92 Å². The Labute approximate surface area is 181 Å². The molecule has 1 aromatic carbocycles. The Kier molecular flexibility index (Phi) is 4.97. The van der Waals surface area contributed by atoms with Crippen LogP contribution in [0.1, 0.15) is 28.8 Å². The van der Waals surface area contributed by atoms with Crippen LogP contribution in [0.15, 0.2) is 45.3 Å². The number of fused-ring (bicyclic) bond motifs is 1. The number of aromatic nitrogens is 2. The molecule has 3 heterocycles. The summed E-state index contributed by atoms with van der Waals surface area (Å²) in [7, 11) is 0. The third-order valence-electron chi connectivity index (χ3n) is 5.92. The summed E-state index contributed by atoms with van der Waals surface area (Å²) in [6.45, 7) is 2.46. The van der Waals surface area contributed by atoms with E-state index in [1.807, 2.05) is 11.0 Å². The van der Waals surface area contributed by atoms with Gasteiger partial charge in [-0.05, 0) is 42.0 Å². The first kappa shape index (κ1) is 19.7. The van der Waals surface area contributed by atoms with Crippen molar-refractivity contribution in [1.82, 2.24) is 19.4 Å². The average molecular weight is 439 g/mol. The second-order valence-corrected chi connectivity index (χ2v) is 8.97. The minimum absolute atomic E-state index is 0.0737. The molecule has 0 unspecified atom stereocenters. The first-order valence-corrected chi connectivity index (χ1v) is 11.3. The molecule has 3 aromatic rings. The Morgan fingerprint density at radius 3 is 2.52 bits per heavy atom. The van der Waals surface area contributed by atoms with Crippen LogP contribution >= 0.6 is 11.3 Å². The van der Waals surface area contributed by atoms with E-state index in [1.54, 1.807) is 34.5 Å². The number of rotatable bonds is 4. The van der Waals surface area contributed by atoms with E-state index in [1.165, 1.54) is 15.9 Å². The highest BCUT2D eigenvalue weighted by Gasteiger charge is 2.35. The number of hydrogen-bond acceptors (Lipinski definition) is 5. The van der Waals surface area contributed by atoms with Crippen molar-refractivity contribution in [3.8, 4) is 0 Å². The lowest BCUT2D eigenvalue weighted by molar-refractivity contribution is -0.134. The number of carbonyl (C=O) groups excluding carboxylic acids is 2. The van der Waals surface area contributed by atoms with Crippen LogP contribution in [-0.2, 0) is 11.3 Å². The van der Waals surface area contributed by atoms with Crippen LogP contribution in [0.4, 0.5) is 0 Å². The first-order chi connectivity index (χ1) is 15.0. The number of H-pyrrole nitrogens is 1. The normalized spacial score (nSPS) is 16.6. The number of carbonyl (C=O) groups is 2. The number of piperazine rings is 1. The predicted octanol–water partition coefficient (Wildman–Crippen LogP) is 1.49. The Morgan fingerprint density at radius 1 is 1.03 bits per heavy atom. The molecule has 0 bridgehead atoms. The lowest BCUT2D eigenvalue weighted by atomic mass is 10.1. The van der Waals surface area contributed by atoms with Crippen molar-refractivity contribution >= 4 is 33.4 Å². The van der Waals surface area contributed by atoms with Gasteiger partial charge in [-0.1, -0.05) is 12.1 Å². The van der Waals surface area contributed by atoms with Gasteiger partial charge in [0.15, 0.2) is 0 Å². The Hall–Kier alpha value is -3.20. The fourth-order valence-electron chi connectivity index (χ4n) is 4.04. The Morgan fingerprint density at radius 2 is 1.77 bits per heavy atom. The molecule has 1 aliphatic heterocycles. The summed E-state index contributed by atoms with van der Waals surface area (Å²) < 4.78 is 1.52. The summed E-state index contributed by atoms with van der Waals surface area (Å²) in [5, 5.41) is 2.26. The van der Waals surface area contributed by atoms with E-state index in [-0.39, 0.29) is 29.8 Å². The molecule has 0 atom stereocenters. The fourth-order valence-corrected chi connectivity index (χ4v) is 4.93. The molecule has 2 aromatic heterocycles. The van der Waals surface area contributed by atoms with Crippen LogP contribution in [0.3, 0.4) is 0 Å². The molecular formula is C22H22N4O4S. The monoisotopic (exact) mass is 438 g/mol. The molecule has 8 nitrogen and oxygen atoms in total. The number of thiophene rings is 1. The van der Waals surface area contributed by atoms with Crippen molar-refractivity contribution in [3.63, 3.8) is 0 Å². The van der Waals surface area contributed by atoms with Crippen molar-refractivity contribution < 1.29 is 9.59 Å². The smallest absolute Gasteiger partial charge is 0.329 e. The van der Waals surface area contributed by atoms with Crippen molar-refractivity contribution in [1.29, 1.82) is 0 Å². The zero-order valence-corrected chi connectivity index (χ0v) is 17.7. The molecule has 0 radical (unpaired) electrons. The van der Waals surface area contributed by atoms with Crippen LogP contribution in [0.5, 0.6) is 0 Å². The molecule has 2 amide bonds. The van der Waals surface area contributed by atoms with E-state index >= 15 is 0 Å². The quantitative estimate of drug-likeness (QED) is 0.668. The number of amides is 2. The van der Waals surface area contributed by atoms with Gasteiger partial charge in [0.05, 0.1) is 11.9 Å². The topological polar surface area (TPSA) is 95.5 Å². The number of nitrogens with one attached hydrogen (secondary N) is 1. The van der Waals surface area contributed by atoms with E-state index in [0.29, 0.717) is 42.0 Å². The van der Waals surface area contributed by atoms with Gasteiger partial charge in [-0.25, -0.2) is 4.79 Å². The Balaban J connectivity index is 1.32. The van der Waals surface area contributed by atoms with Crippen LogP contribution in [0.25, 0.3) is 10.2 Å². The second-order valence-electron chi connectivity index (χ2n) is 8.08. The third-order valence-corrected chi connectivity index (χ3v) is 6.86. The van der Waals surface area contributed by atoms with E-state index in [2.05, 4.69) is 4.98 Å². The SMILES string of the molecule is O=C(c1cccc(Cn2c(=O)[nH]c(=O)c3ccsc32)c1)N1CCN(C(=O)C2CC2)CC1. The van der Waals surface area contributed by atoms with Gasteiger partial charge in [0.2, 0.25) is 5.91 Å². The molecule has 0 spiro atoms. The van der Waals surface area contributed by atoms with Crippen molar-refractivity contribution in [2.45, 2.75) is 19.4 Å². The molecule has 1 saturated carbocycles. The number of nitrogens with zero attached hydrogens (tertiary/aromatic N) is 3. The lowest BCUT2D eigenvalue weighted by Gasteiger charge is -2.35. The van der Waals surface area contributed by atoms with Gasteiger partial charge in [-0.15, -0.1) is 11.3 Å². The number of hydrogen-bond donors (Lipinski definition) is 1. The number of aromatic amines is 1. The maximum atomic E-state index is 13.0. The largest absolute Gasteiger partial charge is 0.339 e. The Bertz CT molecular complexity index is 1280. The minimum Gasteiger partial charge on any atom is -0.339 e. The van der Waals surface area contributed by atoms with Gasteiger partial charge in [-0.3, -0.25) is 23.9 Å². The first-order valence-electron chi connectivity index (χ1n) is 10.4. The molecule has 2 aliphatic rings. The van der Waals surface area contributed by atoms with E-state index in [0.717, 1.165) is 18.4 Å². The zero-order chi connectivity index (χ0) is 21.5. The van der Waals surface area contributed by atoms with Gasteiger partial charge < -0.3 is 9.80 Å². The van der Waals surface area contributed by atoms with Crippen LogP contribution in [-0.4, -0.2) is 57.3 Å². The number of benzene rings is 1. The molecule has 5 rings (SSSR count). The van der Waals surface area contributed by atoms with E-state index in [9.17, 15) is 19.2 Å². The standard InChI is InChI=1S/C22H22N4O4S/c27-18-17-6-11-31-21(17)26(22(30)23-18)13-14-2-1-3-16(12-14)20(29)25-9-7-24(8-10-25)19(28)15-4-5-15/h1-3,6,11-12,15H,4-5,7-10,13H2,(H,23,27,30). The maximum Gasteiger partial charge on any atom is 0.329 e. The molecule has 1 N–H and O–H groups in total. The zero-order valence-electron chi connectivity index (χ0n) is 16.9. The molecule has 1 aliphatic carbocycles. The summed E-state index contributed by atoms with van der Waals surface area (Å²) in [4.78, 5) is 56.2. The van der Waals surface area contributed by atoms with Crippen LogP contribution in [0, 0.1) is 5.92 Å². The lowest BCUT2D eigenvalue weighted by Crippen LogP contribution is -2.51. The molecule has 9 heteroatoms. The highest BCUT2D eigenvalue weighted by atomic mass is 32.1. The van der Waals surface area contributed by atoms with Gasteiger partial charge >= 0.3 is 5.69 Å². The summed E-state index contributed by atoms with van der Waals surface area (Å²) in [5.41, 5.74) is 0.505. The summed E-state index contributed by atoms with van der Waals surface area (Å²) >= 11 is 1.34. The molecule has 160 valence electrons. The molecule has 2 fully saturated rings. The van der Waals surface area contributed by atoms with E-state index in [4.69, 9.17) is 0 Å². The van der Waals surface area contributed by atoms with Crippen LogP contribution < -0.4 is 11.2 Å². The predicted molar refractivity (Wildman–Crippen MR) is 117 cm³/mol. The molecular weight excluding hydrogens is 416 g/mol. The van der Waals surface area contributed by atoms with E-state index < -0.39 is 5.69 Å². The second kappa shape index (κ2) is 7.81. The van der Waals surface area contributed by atoms with Crippen molar-refractivity contribution in [2.75, 3.05) is 26.2 Å². The highest BCUT2D eigenvalue weighted by molar-refractivity contribution is 7.16. The fraction of sp³-hybridized carbons (Fsp3) is 0.364. The van der Waals surface area contributed by atoms with Gasteiger partial charge in [0.25, 0.3) is 11.5 Å². The summed E-state index contributed by atoms with van der Waals surface area (Å²) in [5.74, 6) is 0.348. The summed E-state index contributed by atoms with van der Waals surface area (Å²) in [6, 6.07) is 8.92.